The second-order valence-corrected chi connectivity index (χ2v) is 8.05. The molecule has 1 aliphatic heterocycles. The number of benzene rings is 2. The van der Waals surface area contributed by atoms with E-state index in [1.165, 1.54) is 12.8 Å². The van der Waals surface area contributed by atoms with Crippen molar-refractivity contribution in [3.8, 4) is 5.75 Å². The third kappa shape index (κ3) is 4.55. The average Bonchev–Trinajstić information content (AvgIpc) is 2.62. The zero-order chi connectivity index (χ0) is 18.7. The Bertz CT molecular complexity index is 764. The number of hydrogen-bond donors (Lipinski definition) is 2. The number of hydrogen-bond acceptors (Lipinski definition) is 3. The molecule has 3 rings (SSSR count). The van der Waals surface area contributed by atoms with E-state index in [-0.39, 0.29) is 17.7 Å². The van der Waals surface area contributed by atoms with Crippen LogP contribution >= 0.6 is 0 Å². The summed E-state index contributed by atoms with van der Waals surface area (Å²) in [6, 6.07) is 11.0. The Hall–Kier alpha value is -2.07. The molecule has 1 aliphatic rings. The number of piperidine rings is 1. The van der Waals surface area contributed by atoms with Crippen LogP contribution in [0.5, 0.6) is 5.75 Å². The predicted molar refractivity (Wildman–Crippen MR) is 107 cm³/mol. The van der Waals surface area contributed by atoms with Crippen LogP contribution in [0.2, 0.25) is 0 Å². The summed E-state index contributed by atoms with van der Waals surface area (Å²) in [4.78, 5) is 15.3. The van der Waals surface area contributed by atoms with Gasteiger partial charge in [-0.2, -0.15) is 0 Å². The first-order valence-electron chi connectivity index (χ1n) is 9.68. The molecule has 1 atom stereocenters. The van der Waals surface area contributed by atoms with Crippen LogP contribution in [0.1, 0.15) is 44.0 Å². The molecule has 0 aromatic heterocycles. The number of nitrogens with one attached hydrogen (secondary N) is 1. The van der Waals surface area contributed by atoms with Gasteiger partial charge in [0.1, 0.15) is 5.75 Å². The molecular weight excluding hydrogens is 324 g/mol. The van der Waals surface area contributed by atoms with Crippen molar-refractivity contribution in [2.75, 3.05) is 19.6 Å². The number of aromatic hydroxyl groups is 1. The number of amides is 1. The van der Waals surface area contributed by atoms with E-state index in [0.29, 0.717) is 11.5 Å². The van der Waals surface area contributed by atoms with Gasteiger partial charge in [-0.15, -0.1) is 0 Å². The van der Waals surface area contributed by atoms with Gasteiger partial charge in [-0.1, -0.05) is 32.9 Å². The lowest BCUT2D eigenvalue weighted by Gasteiger charge is -2.34. The Balaban J connectivity index is 1.68. The van der Waals surface area contributed by atoms with Crippen LogP contribution in [0.25, 0.3) is 10.8 Å². The number of phenolic OH excluding ortho intramolecular Hbond substituents is 1. The molecule has 26 heavy (non-hydrogen) atoms. The van der Waals surface area contributed by atoms with Gasteiger partial charge in [-0.05, 0) is 72.8 Å². The van der Waals surface area contributed by atoms with Crippen LogP contribution in [0.15, 0.2) is 36.4 Å². The fraction of sp³-hybridized carbons (Fsp3) is 0.500. The molecule has 4 nitrogen and oxygen atoms in total. The minimum absolute atomic E-state index is 0.0240. The average molecular weight is 354 g/mol. The summed E-state index contributed by atoms with van der Waals surface area (Å²) < 4.78 is 0. The van der Waals surface area contributed by atoms with E-state index in [9.17, 15) is 9.90 Å². The van der Waals surface area contributed by atoms with Crippen LogP contribution in [0.3, 0.4) is 0 Å². The molecule has 1 amide bonds. The summed E-state index contributed by atoms with van der Waals surface area (Å²) in [5.74, 6) is 1.42. The Labute approximate surface area is 156 Å². The van der Waals surface area contributed by atoms with Crippen molar-refractivity contribution in [1.29, 1.82) is 0 Å². The molecule has 0 spiro atoms. The first-order valence-corrected chi connectivity index (χ1v) is 9.68. The SMILES string of the molecule is CC1CCN(C[C@@H](NC(=O)c2ccc3cc(O)ccc3c2)C(C)C)CC1. The van der Waals surface area contributed by atoms with Gasteiger partial charge < -0.3 is 15.3 Å². The lowest BCUT2D eigenvalue weighted by atomic mass is 9.97. The molecule has 0 bridgehead atoms. The smallest absolute Gasteiger partial charge is 0.251 e. The van der Waals surface area contributed by atoms with Gasteiger partial charge in [-0.3, -0.25) is 4.79 Å². The highest BCUT2D eigenvalue weighted by Gasteiger charge is 2.23. The van der Waals surface area contributed by atoms with Crippen molar-refractivity contribution in [1.82, 2.24) is 10.2 Å². The summed E-state index contributed by atoms with van der Waals surface area (Å²) in [7, 11) is 0. The maximum absolute atomic E-state index is 12.8. The number of carbonyl (C=O) groups is 1. The van der Waals surface area contributed by atoms with E-state index >= 15 is 0 Å². The van der Waals surface area contributed by atoms with Crippen molar-refractivity contribution in [2.45, 2.75) is 39.7 Å². The van der Waals surface area contributed by atoms with Crippen molar-refractivity contribution < 1.29 is 9.90 Å². The van der Waals surface area contributed by atoms with Crippen LogP contribution < -0.4 is 5.32 Å². The molecule has 2 aromatic carbocycles. The Morgan fingerprint density at radius 1 is 1.15 bits per heavy atom. The van der Waals surface area contributed by atoms with Crippen molar-refractivity contribution >= 4 is 16.7 Å². The third-order valence-electron chi connectivity index (χ3n) is 5.54. The first-order chi connectivity index (χ1) is 12.4. The van der Waals surface area contributed by atoms with E-state index in [4.69, 9.17) is 0 Å². The third-order valence-corrected chi connectivity index (χ3v) is 5.54. The highest BCUT2D eigenvalue weighted by atomic mass is 16.3. The van der Waals surface area contributed by atoms with Crippen LogP contribution in [-0.2, 0) is 0 Å². The molecule has 0 unspecified atom stereocenters. The number of phenols is 1. The quantitative estimate of drug-likeness (QED) is 0.852. The molecule has 0 aliphatic carbocycles. The Kier molecular flexibility index (Phi) is 5.82. The second-order valence-electron chi connectivity index (χ2n) is 8.05. The topological polar surface area (TPSA) is 52.6 Å². The molecule has 0 radical (unpaired) electrons. The minimum atomic E-state index is -0.0240. The maximum atomic E-state index is 12.8. The Morgan fingerprint density at radius 3 is 2.50 bits per heavy atom. The van der Waals surface area contributed by atoms with Gasteiger partial charge in [0.05, 0.1) is 0 Å². The summed E-state index contributed by atoms with van der Waals surface area (Å²) in [6.07, 6.45) is 2.49. The van der Waals surface area contributed by atoms with Gasteiger partial charge >= 0.3 is 0 Å². The van der Waals surface area contributed by atoms with E-state index in [1.54, 1.807) is 12.1 Å². The lowest BCUT2D eigenvalue weighted by Crippen LogP contribution is -2.48. The highest BCUT2D eigenvalue weighted by molar-refractivity contribution is 5.99. The number of fused-ring (bicyclic) bond motifs is 1. The van der Waals surface area contributed by atoms with Gasteiger partial charge in [0.25, 0.3) is 5.91 Å². The summed E-state index contributed by atoms with van der Waals surface area (Å²) >= 11 is 0. The van der Waals surface area contributed by atoms with E-state index in [0.717, 1.165) is 36.3 Å². The molecule has 1 heterocycles. The number of carbonyl (C=O) groups excluding carboxylic acids is 1. The van der Waals surface area contributed by atoms with Gasteiger partial charge in [0.2, 0.25) is 0 Å². The molecule has 0 saturated carbocycles. The fourth-order valence-electron chi connectivity index (χ4n) is 3.57. The molecule has 140 valence electrons. The van der Waals surface area contributed by atoms with Gasteiger partial charge in [-0.25, -0.2) is 0 Å². The van der Waals surface area contributed by atoms with Crippen LogP contribution in [0.4, 0.5) is 0 Å². The molecule has 2 aromatic rings. The summed E-state index contributed by atoms with van der Waals surface area (Å²) in [6.45, 7) is 9.82. The summed E-state index contributed by atoms with van der Waals surface area (Å²) in [5.41, 5.74) is 0.668. The zero-order valence-electron chi connectivity index (χ0n) is 16.0. The number of rotatable bonds is 5. The largest absolute Gasteiger partial charge is 0.508 e. The molecular formula is C22H30N2O2. The van der Waals surface area contributed by atoms with Gasteiger partial charge in [0, 0.05) is 18.2 Å². The van der Waals surface area contributed by atoms with E-state index < -0.39 is 0 Å². The molecule has 1 fully saturated rings. The minimum Gasteiger partial charge on any atom is -0.508 e. The predicted octanol–water partition coefficient (Wildman–Crippen LogP) is 4.03. The van der Waals surface area contributed by atoms with Gasteiger partial charge in [0.15, 0.2) is 0 Å². The maximum Gasteiger partial charge on any atom is 0.251 e. The standard InChI is InChI=1S/C22H30N2O2/c1-15(2)21(14-24-10-8-16(3)9-11-24)23-22(26)19-5-4-18-13-20(25)7-6-17(18)12-19/h4-7,12-13,15-16,21,25H,8-11,14H2,1-3H3,(H,23,26)/t21-/m1/s1. The fourth-order valence-corrected chi connectivity index (χ4v) is 3.57. The number of likely N-dealkylation sites (tertiary alicyclic amines) is 1. The Morgan fingerprint density at radius 2 is 1.81 bits per heavy atom. The molecule has 1 saturated heterocycles. The monoisotopic (exact) mass is 354 g/mol. The normalized spacial score (nSPS) is 17.5. The zero-order valence-corrected chi connectivity index (χ0v) is 16.0. The molecule has 2 N–H and O–H groups in total. The van der Waals surface area contributed by atoms with Crippen molar-refractivity contribution in [3.63, 3.8) is 0 Å². The van der Waals surface area contributed by atoms with Crippen LogP contribution in [0, 0.1) is 11.8 Å². The second kappa shape index (κ2) is 8.09. The van der Waals surface area contributed by atoms with E-state index in [1.807, 2.05) is 24.3 Å². The first kappa shape index (κ1) is 18.7. The highest BCUT2D eigenvalue weighted by Crippen LogP contribution is 2.22. The van der Waals surface area contributed by atoms with Crippen molar-refractivity contribution in [2.24, 2.45) is 11.8 Å². The number of nitrogens with zero attached hydrogens (tertiary/aromatic N) is 1. The van der Waals surface area contributed by atoms with Crippen LogP contribution in [-0.4, -0.2) is 41.6 Å². The summed E-state index contributed by atoms with van der Waals surface area (Å²) in [5, 5.41) is 14.7. The molecule has 4 heteroatoms. The van der Waals surface area contributed by atoms with Crippen molar-refractivity contribution in [3.05, 3.63) is 42.0 Å². The van der Waals surface area contributed by atoms with E-state index in [2.05, 4.69) is 31.0 Å². The lowest BCUT2D eigenvalue weighted by molar-refractivity contribution is 0.0895.